The summed E-state index contributed by atoms with van der Waals surface area (Å²) in [5.41, 5.74) is 0. The van der Waals surface area contributed by atoms with Crippen molar-refractivity contribution in [2.75, 3.05) is 11.9 Å². The first-order valence-electron chi connectivity index (χ1n) is 6.49. The highest BCUT2D eigenvalue weighted by Crippen LogP contribution is 2.38. The van der Waals surface area contributed by atoms with Crippen molar-refractivity contribution in [3.63, 3.8) is 0 Å². The number of anilines is 1. The molecule has 3 heteroatoms. The predicted octanol–water partition coefficient (Wildman–Crippen LogP) is 4.26. The lowest BCUT2D eigenvalue weighted by Crippen LogP contribution is -2.10. The van der Waals surface area contributed by atoms with Gasteiger partial charge in [0, 0.05) is 17.6 Å². The molecule has 0 bridgehead atoms. The molecule has 1 aliphatic rings. The number of hydrogen-bond acceptors (Lipinski definition) is 3. The minimum atomic E-state index is 0.776. The van der Waals surface area contributed by atoms with E-state index in [9.17, 15) is 0 Å². The van der Waals surface area contributed by atoms with Gasteiger partial charge in [0.1, 0.15) is 0 Å². The summed E-state index contributed by atoms with van der Waals surface area (Å²) < 4.78 is 0. The summed E-state index contributed by atoms with van der Waals surface area (Å²) in [6.07, 6.45) is 8.77. The number of nitrogens with one attached hydrogen (secondary N) is 1. The van der Waals surface area contributed by atoms with Crippen molar-refractivity contribution in [1.29, 1.82) is 0 Å². The van der Waals surface area contributed by atoms with Crippen LogP contribution in [0.3, 0.4) is 0 Å². The fraction of sp³-hybridized carbons (Fsp3) is 0.769. The molecule has 2 rings (SSSR count). The van der Waals surface area contributed by atoms with Gasteiger partial charge in [0.25, 0.3) is 0 Å². The Balaban J connectivity index is 1.95. The zero-order valence-corrected chi connectivity index (χ0v) is 11.1. The zero-order chi connectivity index (χ0) is 11.4. The van der Waals surface area contributed by atoms with Crippen LogP contribution in [0.1, 0.15) is 56.7 Å². The Hall–Kier alpha value is -0.570. The zero-order valence-electron chi connectivity index (χ0n) is 10.3. The largest absolute Gasteiger partial charge is 0.362 e. The molecule has 2 atom stereocenters. The lowest BCUT2D eigenvalue weighted by atomic mass is 9.82. The van der Waals surface area contributed by atoms with E-state index in [1.54, 1.807) is 0 Å². The number of rotatable bonds is 4. The van der Waals surface area contributed by atoms with E-state index in [0.29, 0.717) is 0 Å². The monoisotopic (exact) mass is 238 g/mol. The van der Waals surface area contributed by atoms with Crippen LogP contribution < -0.4 is 5.32 Å². The van der Waals surface area contributed by atoms with Crippen molar-refractivity contribution in [1.82, 2.24) is 4.98 Å². The highest BCUT2D eigenvalue weighted by atomic mass is 32.1. The summed E-state index contributed by atoms with van der Waals surface area (Å²) in [5, 5.41) is 4.48. The molecule has 1 aromatic heterocycles. The first-order chi connectivity index (χ1) is 7.79. The number of nitrogens with zero attached hydrogens (tertiary/aromatic N) is 1. The fourth-order valence-corrected chi connectivity index (χ4v) is 3.47. The molecular formula is C13H22N2S. The summed E-state index contributed by atoms with van der Waals surface area (Å²) in [5.74, 6) is 1.67. The Kier molecular flexibility index (Phi) is 4.22. The summed E-state index contributed by atoms with van der Waals surface area (Å²) in [7, 11) is 0. The lowest BCUT2D eigenvalue weighted by molar-refractivity contribution is 0.347. The molecule has 16 heavy (non-hydrogen) atoms. The van der Waals surface area contributed by atoms with Crippen molar-refractivity contribution in [2.45, 2.75) is 51.9 Å². The molecule has 2 nitrogen and oxygen atoms in total. The molecule has 1 fully saturated rings. The number of thiazole rings is 1. The van der Waals surface area contributed by atoms with Crippen LogP contribution in [0, 0.1) is 5.92 Å². The van der Waals surface area contributed by atoms with E-state index in [4.69, 9.17) is 0 Å². The van der Waals surface area contributed by atoms with Gasteiger partial charge in [-0.25, -0.2) is 4.98 Å². The topological polar surface area (TPSA) is 24.9 Å². The van der Waals surface area contributed by atoms with Crippen LogP contribution in [0.4, 0.5) is 5.13 Å². The summed E-state index contributed by atoms with van der Waals surface area (Å²) in [6.45, 7) is 5.60. The van der Waals surface area contributed by atoms with Gasteiger partial charge in [-0.3, -0.25) is 0 Å². The van der Waals surface area contributed by atoms with Crippen molar-refractivity contribution in [2.24, 2.45) is 5.92 Å². The molecule has 90 valence electrons. The highest BCUT2D eigenvalue weighted by Gasteiger charge is 2.22. The van der Waals surface area contributed by atoms with Gasteiger partial charge in [0.05, 0.1) is 0 Å². The number of aromatic nitrogens is 1. The summed E-state index contributed by atoms with van der Waals surface area (Å²) in [6, 6.07) is 0. The SMILES string of the molecule is CCCNc1ncc(C2CCCC(C)C2)s1. The predicted molar refractivity (Wildman–Crippen MR) is 71.3 cm³/mol. The minimum Gasteiger partial charge on any atom is -0.362 e. The number of hydrogen-bond donors (Lipinski definition) is 1. The van der Waals surface area contributed by atoms with E-state index < -0.39 is 0 Å². The second-order valence-electron chi connectivity index (χ2n) is 4.96. The van der Waals surface area contributed by atoms with Gasteiger partial charge >= 0.3 is 0 Å². The maximum Gasteiger partial charge on any atom is 0.182 e. The van der Waals surface area contributed by atoms with Gasteiger partial charge in [0.2, 0.25) is 0 Å². The third kappa shape index (κ3) is 2.97. The average Bonchev–Trinajstić information content (AvgIpc) is 2.75. The summed E-state index contributed by atoms with van der Waals surface area (Å²) in [4.78, 5) is 5.95. The lowest BCUT2D eigenvalue weighted by Gasteiger charge is -2.25. The average molecular weight is 238 g/mol. The van der Waals surface area contributed by atoms with E-state index in [0.717, 1.165) is 29.9 Å². The van der Waals surface area contributed by atoms with E-state index in [1.807, 2.05) is 11.3 Å². The molecule has 0 aliphatic heterocycles. The molecule has 0 aromatic carbocycles. The second kappa shape index (κ2) is 5.67. The third-order valence-corrected chi connectivity index (χ3v) is 4.51. The first kappa shape index (κ1) is 11.9. The van der Waals surface area contributed by atoms with Gasteiger partial charge in [-0.05, 0) is 31.1 Å². The van der Waals surface area contributed by atoms with E-state index in [1.165, 1.54) is 30.6 Å². The van der Waals surface area contributed by atoms with Crippen molar-refractivity contribution in [3.05, 3.63) is 11.1 Å². The van der Waals surface area contributed by atoms with Gasteiger partial charge < -0.3 is 5.32 Å². The van der Waals surface area contributed by atoms with Gasteiger partial charge in [-0.1, -0.05) is 26.7 Å². The molecule has 2 unspecified atom stereocenters. The molecule has 0 spiro atoms. The van der Waals surface area contributed by atoms with Gasteiger partial charge in [0.15, 0.2) is 5.13 Å². The Morgan fingerprint density at radius 3 is 3.12 bits per heavy atom. The Morgan fingerprint density at radius 2 is 2.38 bits per heavy atom. The molecule has 1 aromatic rings. The Morgan fingerprint density at radius 1 is 1.50 bits per heavy atom. The third-order valence-electron chi connectivity index (χ3n) is 3.39. The maximum atomic E-state index is 4.46. The van der Waals surface area contributed by atoms with E-state index >= 15 is 0 Å². The van der Waals surface area contributed by atoms with Crippen LogP contribution in [0.5, 0.6) is 0 Å². The van der Waals surface area contributed by atoms with Crippen LogP contribution in [0.15, 0.2) is 6.20 Å². The second-order valence-corrected chi connectivity index (χ2v) is 6.03. The van der Waals surface area contributed by atoms with E-state index in [2.05, 4.69) is 30.3 Å². The maximum absolute atomic E-state index is 4.46. The van der Waals surface area contributed by atoms with Crippen LogP contribution in [-0.2, 0) is 0 Å². The van der Waals surface area contributed by atoms with E-state index in [-0.39, 0.29) is 0 Å². The first-order valence-corrected chi connectivity index (χ1v) is 7.30. The van der Waals surface area contributed by atoms with Crippen molar-refractivity contribution < 1.29 is 0 Å². The van der Waals surface area contributed by atoms with Crippen molar-refractivity contribution >= 4 is 16.5 Å². The smallest absolute Gasteiger partial charge is 0.182 e. The van der Waals surface area contributed by atoms with Gasteiger partial charge in [-0.2, -0.15) is 0 Å². The molecular weight excluding hydrogens is 216 g/mol. The summed E-state index contributed by atoms with van der Waals surface area (Å²) >= 11 is 1.86. The van der Waals surface area contributed by atoms with Crippen LogP contribution in [-0.4, -0.2) is 11.5 Å². The minimum absolute atomic E-state index is 0.776. The van der Waals surface area contributed by atoms with Crippen molar-refractivity contribution in [3.8, 4) is 0 Å². The molecule has 0 saturated heterocycles. The Labute approximate surface area is 102 Å². The quantitative estimate of drug-likeness (QED) is 0.848. The van der Waals surface area contributed by atoms with Gasteiger partial charge in [-0.15, -0.1) is 11.3 Å². The standard InChI is InChI=1S/C13H22N2S/c1-3-7-14-13-15-9-12(16-13)11-6-4-5-10(2)8-11/h9-11H,3-8H2,1-2H3,(H,14,15). The van der Waals surface area contributed by atoms with Crippen LogP contribution in [0.25, 0.3) is 0 Å². The van der Waals surface area contributed by atoms with Crippen LogP contribution in [0.2, 0.25) is 0 Å². The molecule has 0 radical (unpaired) electrons. The molecule has 1 saturated carbocycles. The normalized spacial score (nSPS) is 25.6. The van der Waals surface area contributed by atoms with Crippen LogP contribution >= 0.6 is 11.3 Å². The molecule has 1 aliphatic carbocycles. The molecule has 1 N–H and O–H groups in total. The molecule has 1 heterocycles. The Bertz CT molecular complexity index is 321. The molecule has 0 amide bonds. The highest BCUT2D eigenvalue weighted by molar-refractivity contribution is 7.15. The fourth-order valence-electron chi connectivity index (χ4n) is 2.48.